The van der Waals surface area contributed by atoms with Crippen molar-refractivity contribution < 1.29 is 13.3 Å². The minimum Gasteiger partial charge on any atom is -0.456 e. The molecule has 5 nitrogen and oxygen atoms in total. The molecule has 0 N–H and O–H groups in total. The first-order valence-electron chi connectivity index (χ1n) is 13.2. The fourth-order valence-corrected chi connectivity index (χ4v) is 5.82. The summed E-state index contributed by atoms with van der Waals surface area (Å²) in [6, 6.07) is 41.4. The average molecular weight is 517 g/mol. The van der Waals surface area contributed by atoms with Crippen LogP contribution in [0.1, 0.15) is 0 Å². The van der Waals surface area contributed by atoms with Crippen molar-refractivity contribution >= 4 is 83.1 Å². The molecule has 5 heteroatoms. The number of benzene rings is 6. The summed E-state index contributed by atoms with van der Waals surface area (Å²) in [7, 11) is 0. The van der Waals surface area contributed by atoms with Crippen LogP contribution in [-0.2, 0) is 0 Å². The van der Waals surface area contributed by atoms with Crippen molar-refractivity contribution in [2.75, 3.05) is 4.90 Å². The van der Waals surface area contributed by atoms with Crippen LogP contribution in [0.2, 0.25) is 0 Å². The molecule has 0 amide bonds. The van der Waals surface area contributed by atoms with Crippen LogP contribution in [0.5, 0.6) is 0 Å². The number of rotatable bonds is 3. The molecule has 0 saturated carbocycles. The van der Waals surface area contributed by atoms with Gasteiger partial charge in [-0.05, 0) is 47.9 Å². The zero-order valence-corrected chi connectivity index (χ0v) is 21.2. The number of anilines is 3. The van der Waals surface area contributed by atoms with Crippen molar-refractivity contribution in [3.63, 3.8) is 0 Å². The monoisotopic (exact) mass is 516 g/mol. The second-order valence-corrected chi connectivity index (χ2v) is 10.0. The van der Waals surface area contributed by atoms with Crippen molar-refractivity contribution in [3.8, 4) is 0 Å². The maximum atomic E-state index is 6.55. The topological polar surface area (TPSA) is 55.6 Å². The molecule has 0 bridgehead atoms. The molecule has 6 aromatic carbocycles. The number of furan rings is 2. The molecule has 0 spiro atoms. The quantitative estimate of drug-likeness (QED) is 0.234. The third-order valence-electron chi connectivity index (χ3n) is 7.70. The highest BCUT2D eigenvalue weighted by atomic mass is 16.4. The predicted molar refractivity (Wildman–Crippen MR) is 161 cm³/mol. The van der Waals surface area contributed by atoms with Gasteiger partial charge in [0, 0.05) is 39.1 Å². The number of nitrogens with zero attached hydrogens (tertiary/aromatic N) is 2. The van der Waals surface area contributed by atoms with Gasteiger partial charge in [-0.2, -0.15) is 4.98 Å². The van der Waals surface area contributed by atoms with E-state index in [-0.39, 0.29) is 0 Å². The van der Waals surface area contributed by atoms with Gasteiger partial charge in [0.1, 0.15) is 27.8 Å². The number of para-hydroxylation sites is 2. The van der Waals surface area contributed by atoms with Gasteiger partial charge in [-0.3, -0.25) is 4.90 Å². The fourth-order valence-electron chi connectivity index (χ4n) is 5.82. The maximum absolute atomic E-state index is 6.55. The highest BCUT2D eigenvalue weighted by Crippen LogP contribution is 2.42. The summed E-state index contributed by atoms with van der Waals surface area (Å²) in [6.07, 6.45) is 0. The van der Waals surface area contributed by atoms with Crippen molar-refractivity contribution in [1.29, 1.82) is 0 Å². The first-order chi connectivity index (χ1) is 19.8. The lowest BCUT2D eigenvalue weighted by Crippen LogP contribution is -2.10. The van der Waals surface area contributed by atoms with Crippen LogP contribution in [0, 0.1) is 0 Å². The number of fused-ring (bicyclic) bond motifs is 9. The molecule has 0 aliphatic rings. The second-order valence-electron chi connectivity index (χ2n) is 10.0. The third-order valence-corrected chi connectivity index (χ3v) is 7.70. The first kappa shape index (κ1) is 21.4. The van der Waals surface area contributed by atoms with Gasteiger partial charge in [-0.25, -0.2) is 0 Å². The molecular weight excluding hydrogens is 496 g/mol. The van der Waals surface area contributed by atoms with Crippen LogP contribution in [0.3, 0.4) is 0 Å². The van der Waals surface area contributed by atoms with Crippen molar-refractivity contribution in [3.05, 3.63) is 121 Å². The molecule has 0 aliphatic carbocycles. The molecule has 0 radical (unpaired) electrons. The van der Waals surface area contributed by atoms with E-state index >= 15 is 0 Å². The van der Waals surface area contributed by atoms with Crippen LogP contribution in [-0.4, -0.2) is 4.98 Å². The fraction of sp³-hybridized carbons (Fsp3) is 0. The molecule has 9 aromatic rings. The average Bonchev–Trinajstić information content (AvgIpc) is 3.70. The van der Waals surface area contributed by atoms with E-state index in [1.807, 2.05) is 71.6 Å². The van der Waals surface area contributed by atoms with Gasteiger partial charge < -0.3 is 13.3 Å². The van der Waals surface area contributed by atoms with Crippen molar-refractivity contribution in [1.82, 2.24) is 4.98 Å². The van der Waals surface area contributed by atoms with Crippen LogP contribution < -0.4 is 4.90 Å². The van der Waals surface area contributed by atoms with E-state index in [9.17, 15) is 0 Å². The largest absolute Gasteiger partial charge is 0.456 e. The molecule has 188 valence electrons. The summed E-state index contributed by atoms with van der Waals surface area (Å²) in [5.74, 6) is 0. The minimum atomic E-state index is 0.470. The SMILES string of the molecule is c1ccc2c(c1)ccc1nc(N(c3ccc4c(c3)oc3ccccc34)c3ccc4c(c3)oc3ccccc34)oc12. The van der Waals surface area contributed by atoms with E-state index in [2.05, 4.69) is 54.6 Å². The molecule has 0 aliphatic heterocycles. The van der Waals surface area contributed by atoms with Gasteiger partial charge in [0.15, 0.2) is 5.58 Å². The van der Waals surface area contributed by atoms with Gasteiger partial charge in [0.25, 0.3) is 0 Å². The Balaban J connectivity index is 1.30. The zero-order valence-electron chi connectivity index (χ0n) is 21.2. The Kier molecular flexibility index (Phi) is 4.27. The lowest BCUT2D eigenvalue weighted by molar-refractivity contribution is 0.611. The third kappa shape index (κ3) is 3.06. The first-order valence-corrected chi connectivity index (χ1v) is 13.2. The van der Waals surface area contributed by atoms with Crippen LogP contribution >= 0.6 is 0 Å². The summed E-state index contributed by atoms with van der Waals surface area (Å²) >= 11 is 0. The van der Waals surface area contributed by atoms with Crippen molar-refractivity contribution in [2.24, 2.45) is 0 Å². The normalized spacial score (nSPS) is 12.0. The Hall–Kier alpha value is -5.55. The van der Waals surface area contributed by atoms with Crippen LogP contribution in [0.4, 0.5) is 17.4 Å². The summed E-state index contributed by atoms with van der Waals surface area (Å²) in [6.45, 7) is 0. The number of oxazole rings is 1. The van der Waals surface area contributed by atoms with E-state index in [1.54, 1.807) is 0 Å². The Morgan fingerprint density at radius 2 is 1.00 bits per heavy atom. The van der Waals surface area contributed by atoms with Gasteiger partial charge in [0.05, 0.1) is 11.4 Å². The number of aromatic nitrogens is 1. The Morgan fingerprint density at radius 1 is 0.450 bits per heavy atom. The lowest BCUT2D eigenvalue weighted by Gasteiger charge is -2.21. The summed E-state index contributed by atoms with van der Waals surface area (Å²) in [5.41, 5.74) is 6.62. The second kappa shape index (κ2) is 7.98. The van der Waals surface area contributed by atoms with E-state index in [0.29, 0.717) is 6.01 Å². The highest BCUT2D eigenvalue weighted by Gasteiger charge is 2.22. The lowest BCUT2D eigenvalue weighted by atomic mass is 10.1. The minimum absolute atomic E-state index is 0.470. The Morgan fingerprint density at radius 3 is 1.65 bits per heavy atom. The van der Waals surface area contributed by atoms with E-state index < -0.39 is 0 Å². The van der Waals surface area contributed by atoms with Crippen LogP contribution in [0.15, 0.2) is 135 Å². The van der Waals surface area contributed by atoms with Crippen LogP contribution in [0.25, 0.3) is 65.7 Å². The molecule has 0 fully saturated rings. The molecule has 0 unspecified atom stereocenters. The molecule has 0 atom stereocenters. The van der Waals surface area contributed by atoms with Gasteiger partial charge >= 0.3 is 6.01 Å². The van der Waals surface area contributed by atoms with Gasteiger partial charge in [-0.1, -0.05) is 66.7 Å². The van der Waals surface area contributed by atoms with Crippen molar-refractivity contribution in [2.45, 2.75) is 0 Å². The number of hydrogen-bond donors (Lipinski definition) is 0. The summed E-state index contributed by atoms with van der Waals surface area (Å²) in [5, 5.41) is 6.45. The standard InChI is InChI=1S/C35H20N2O3/c1-2-8-24-21(7-1)13-18-29-34(24)40-35(36-29)37(22-14-16-27-25-9-3-5-11-30(25)38-32(27)19-22)23-15-17-28-26-10-4-6-12-31(26)39-33(28)20-23/h1-20H. The predicted octanol–water partition coefficient (Wildman–Crippen LogP) is 10.2. The van der Waals surface area contributed by atoms with Gasteiger partial charge in [0.2, 0.25) is 0 Å². The molecule has 3 aromatic heterocycles. The van der Waals surface area contributed by atoms with E-state index in [1.165, 1.54) is 0 Å². The summed E-state index contributed by atoms with van der Waals surface area (Å²) in [4.78, 5) is 6.98. The number of hydrogen-bond acceptors (Lipinski definition) is 5. The molecule has 3 heterocycles. The van der Waals surface area contributed by atoms with E-state index in [4.69, 9.17) is 18.2 Å². The molecular formula is C35H20N2O3. The molecule has 9 rings (SSSR count). The Bertz CT molecular complexity index is 2300. The zero-order chi connectivity index (χ0) is 26.2. The summed E-state index contributed by atoms with van der Waals surface area (Å²) < 4.78 is 19.0. The molecule has 0 saturated heterocycles. The highest BCUT2D eigenvalue weighted by molar-refractivity contribution is 6.08. The van der Waals surface area contributed by atoms with Gasteiger partial charge in [-0.15, -0.1) is 0 Å². The maximum Gasteiger partial charge on any atom is 0.307 e. The van der Waals surface area contributed by atoms with E-state index in [0.717, 1.165) is 77.1 Å². The molecule has 40 heavy (non-hydrogen) atoms. The Labute approximate surface area is 227 Å². The smallest absolute Gasteiger partial charge is 0.307 e.